The van der Waals surface area contributed by atoms with Gasteiger partial charge in [-0.1, -0.05) is 43.0 Å². The van der Waals surface area contributed by atoms with Gasteiger partial charge in [0.2, 0.25) is 0 Å². The number of ether oxygens (including phenoxy) is 1. The van der Waals surface area contributed by atoms with Crippen LogP contribution < -0.4 is 10.6 Å². The van der Waals surface area contributed by atoms with Gasteiger partial charge in [0.25, 0.3) is 0 Å². The van der Waals surface area contributed by atoms with Crippen LogP contribution in [0.25, 0.3) is 12.2 Å². The Labute approximate surface area is 139 Å². The molecule has 0 spiro atoms. The zero-order valence-electron chi connectivity index (χ0n) is 14.9. The molecule has 0 unspecified atom stereocenters. The van der Waals surface area contributed by atoms with Crippen LogP contribution in [0.3, 0.4) is 0 Å². The molecular weight excluding hydrogens is 282 g/mol. The number of nitrogens with zero attached hydrogens (tertiary/aromatic N) is 1. The van der Waals surface area contributed by atoms with Crippen LogP contribution >= 0.6 is 0 Å². The molecule has 0 aliphatic rings. The minimum Gasteiger partial charge on any atom is -0.492 e. The molecule has 1 heterocycles. The lowest BCUT2D eigenvalue weighted by atomic mass is 10.1. The van der Waals surface area contributed by atoms with Crippen molar-refractivity contribution in [2.45, 2.75) is 41.2 Å². The Morgan fingerprint density at radius 2 is 1.91 bits per heavy atom. The van der Waals surface area contributed by atoms with Crippen LogP contribution in [0.2, 0.25) is 0 Å². The van der Waals surface area contributed by atoms with Gasteiger partial charge in [-0.25, -0.2) is 4.98 Å². The summed E-state index contributed by atoms with van der Waals surface area (Å²) in [5, 5.41) is 2.13. The Hall–Kier alpha value is -2.35. The third kappa shape index (κ3) is 5.74. The average molecular weight is 309 g/mol. The number of rotatable bonds is 6. The maximum atomic E-state index is 5.83. The monoisotopic (exact) mass is 309 g/mol. The minimum absolute atomic E-state index is 0.459. The van der Waals surface area contributed by atoms with Crippen molar-refractivity contribution in [3.8, 4) is 0 Å². The molecule has 2 nitrogen and oxygen atoms in total. The normalized spacial score (nSPS) is 15.1. The predicted octanol–water partition coefficient (Wildman–Crippen LogP) is 4.18. The third-order valence-electron chi connectivity index (χ3n) is 3.50. The van der Waals surface area contributed by atoms with E-state index in [0.29, 0.717) is 6.61 Å². The number of pyridine rings is 1. The van der Waals surface area contributed by atoms with E-state index < -0.39 is 0 Å². The lowest BCUT2D eigenvalue weighted by molar-refractivity contribution is 0.197. The quantitative estimate of drug-likeness (QED) is 0.581. The van der Waals surface area contributed by atoms with Crippen LogP contribution in [-0.2, 0) is 11.3 Å². The maximum absolute atomic E-state index is 5.83. The van der Waals surface area contributed by atoms with Crippen molar-refractivity contribution in [2.24, 2.45) is 0 Å². The number of hydrogen-bond donors (Lipinski definition) is 0. The Morgan fingerprint density at radius 3 is 2.48 bits per heavy atom. The van der Waals surface area contributed by atoms with E-state index in [-0.39, 0.29) is 0 Å². The van der Waals surface area contributed by atoms with Gasteiger partial charge in [-0.3, -0.25) is 0 Å². The molecule has 2 heteroatoms. The van der Waals surface area contributed by atoms with Gasteiger partial charge < -0.3 is 4.74 Å². The minimum atomic E-state index is 0.459. The maximum Gasteiger partial charge on any atom is 0.130 e. The van der Waals surface area contributed by atoms with E-state index in [1.807, 2.05) is 58.1 Å². The summed E-state index contributed by atoms with van der Waals surface area (Å²) in [5.74, 6) is 0.846. The number of aromatic nitrogens is 1. The molecule has 0 fully saturated rings. The Kier molecular flexibility index (Phi) is 7.82. The first-order valence-corrected chi connectivity index (χ1v) is 7.91. The molecule has 0 radical (unpaired) electrons. The number of allylic oxidation sites excluding steroid dienone is 7. The molecule has 0 bridgehead atoms. The molecule has 0 N–H and O–H groups in total. The van der Waals surface area contributed by atoms with E-state index in [0.717, 1.165) is 33.2 Å². The molecule has 1 aromatic heterocycles. The van der Waals surface area contributed by atoms with E-state index in [2.05, 4.69) is 36.7 Å². The molecule has 0 aliphatic heterocycles. The summed E-state index contributed by atoms with van der Waals surface area (Å²) in [5.41, 5.74) is 3.15. The van der Waals surface area contributed by atoms with E-state index in [4.69, 9.17) is 4.74 Å². The first-order valence-electron chi connectivity index (χ1n) is 7.91. The van der Waals surface area contributed by atoms with Crippen molar-refractivity contribution in [2.75, 3.05) is 0 Å². The summed E-state index contributed by atoms with van der Waals surface area (Å²) in [6, 6.07) is 4.08. The third-order valence-corrected chi connectivity index (χ3v) is 3.50. The second kappa shape index (κ2) is 9.62. The van der Waals surface area contributed by atoms with Crippen LogP contribution in [-0.4, -0.2) is 4.98 Å². The Morgan fingerprint density at radius 1 is 1.17 bits per heavy atom. The number of hydrogen-bond acceptors (Lipinski definition) is 2. The van der Waals surface area contributed by atoms with Gasteiger partial charge in [-0.15, -0.1) is 0 Å². The first kappa shape index (κ1) is 18.7. The zero-order valence-corrected chi connectivity index (χ0v) is 14.9. The Balaban J connectivity index is 2.92. The molecule has 1 rings (SSSR count). The fraction of sp³-hybridized carbons (Fsp3) is 0.286. The van der Waals surface area contributed by atoms with Crippen molar-refractivity contribution in [1.82, 2.24) is 4.98 Å². The topological polar surface area (TPSA) is 22.1 Å². The summed E-state index contributed by atoms with van der Waals surface area (Å²) in [6.07, 6.45) is 12.0. The van der Waals surface area contributed by atoms with E-state index in [1.165, 1.54) is 0 Å². The molecule has 23 heavy (non-hydrogen) atoms. The summed E-state index contributed by atoms with van der Waals surface area (Å²) in [7, 11) is 0. The van der Waals surface area contributed by atoms with Crippen molar-refractivity contribution in [3.63, 3.8) is 0 Å². The molecule has 0 atom stereocenters. The van der Waals surface area contributed by atoms with Crippen LogP contribution in [0, 0.1) is 0 Å². The summed E-state index contributed by atoms with van der Waals surface area (Å²) in [6.45, 7) is 14.4. The van der Waals surface area contributed by atoms with Gasteiger partial charge in [-0.2, -0.15) is 0 Å². The van der Waals surface area contributed by atoms with E-state index in [1.54, 1.807) is 0 Å². The molecule has 0 aromatic carbocycles. The van der Waals surface area contributed by atoms with Crippen LogP contribution in [0.5, 0.6) is 0 Å². The van der Waals surface area contributed by atoms with Crippen molar-refractivity contribution in [1.29, 1.82) is 0 Å². The first-order chi connectivity index (χ1) is 11.0. The standard InChI is InChI=1S/C21H27NO/c1-7-11-16(5)19(9-3)14-17(6)23-15-20-13-12-18(8-2)21(10-4)22-20/h7-14H,3,15H2,1-2,4-6H3/b11-7-,17-14+,18-8-,19-16+,21-10+. The summed E-state index contributed by atoms with van der Waals surface area (Å²) < 4.78 is 5.83. The van der Waals surface area contributed by atoms with Gasteiger partial charge in [0.05, 0.1) is 16.8 Å². The van der Waals surface area contributed by atoms with Crippen molar-refractivity contribution in [3.05, 3.63) is 76.2 Å². The van der Waals surface area contributed by atoms with E-state index >= 15 is 0 Å². The van der Waals surface area contributed by atoms with Crippen molar-refractivity contribution < 1.29 is 4.74 Å². The highest BCUT2D eigenvalue weighted by molar-refractivity contribution is 5.39. The van der Waals surface area contributed by atoms with Gasteiger partial charge in [0.15, 0.2) is 0 Å². The summed E-state index contributed by atoms with van der Waals surface area (Å²) in [4.78, 5) is 4.62. The highest BCUT2D eigenvalue weighted by Crippen LogP contribution is 2.12. The lowest BCUT2D eigenvalue weighted by Gasteiger charge is -2.07. The average Bonchev–Trinajstić information content (AvgIpc) is 2.57. The SMILES string of the molecule is C=CC(/C=C(\C)OCc1ccc(=C/C)/c(=C\C)n1)=C(C)\C=C/C. The zero-order chi connectivity index (χ0) is 17.2. The van der Waals surface area contributed by atoms with Gasteiger partial charge in [0.1, 0.15) is 6.61 Å². The Bertz CT molecular complexity index is 749. The smallest absolute Gasteiger partial charge is 0.130 e. The lowest BCUT2D eigenvalue weighted by Crippen LogP contribution is -2.28. The van der Waals surface area contributed by atoms with Crippen molar-refractivity contribution >= 4 is 12.2 Å². The second-order valence-corrected chi connectivity index (χ2v) is 5.24. The molecule has 0 amide bonds. The van der Waals surface area contributed by atoms with Gasteiger partial charge in [-0.05, 0) is 63.1 Å². The van der Waals surface area contributed by atoms with Crippen LogP contribution in [0.1, 0.15) is 40.3 Å². The molecule has 0 aliphatic carbocycles. The second-order valence-electron chi connectivity index (χ2n) is 5.24. The van der Waals surface area contributed by atoms with Crippen LogP contribution in [0.4, 0.5) is 0 Å². The van der Waals surface area contributed by atoms with Crippen LogP contribution in [0.15, 0.2) is 59.9 Å². The van der Waals surface area contributed by atoms with E-state index in [9.17, 15) is 0 Å². The largest absolute Gasteiger partial charge is 0.492 e. The highest BCUT2D eigenvalue weighted by atomic mass is 16.5. The van der Waals surface area contributed by atoms with Gasteiger partial charge in [0, 0.05) is 0 Å². The fourth-order valence-corrected chi connectivity index (χ4v) is 2.21. The molecular formula is C21H27NO. The molecule has 0 saturated heterocycles. The fourth-order valence-electron chi connectivity index (χ4n) is 2.21. The molecule has 0 saturated carbocycles. The highest BCUT2D eigenvalue weighted by Gasteiger charge is 1.99. The summed E-state index contributed by atoms with van der Waals surface area (Å²) >= 11 is 0. The molecule has 1 aromatic rings. The molecule has 122 valence electrons. The predicted molar refractivity (Wildman–Crippen MR) is 100 cm³/mol. The van der Waals surface area contributed by atoms with Gasteiger partial charge >= 0.3 is 0 Å².